The molecule has 6 nitrogen and oxygen atoms in total. The highest BCUT2D eigenvalue weighted by Gasteiger charge is 2.19. The van der Waals surface area contributed by atoms with Gasteiger partial charge in [-0.1, -0.05) is 291 Å². The third-order valence-corrected chi connectivity index (χ3v) is 13.8. The van der Waals surface area contributed by atoms with Crippen molar-refractivity contribution in [3.63, 3.8) is 0 Å². The fraction of sp³-hybridized carbons (Fsp3) is 0.729. The van der Waals surface area contributed by atoms with Crippen molar-refractivity contribution in [2.75, 3.05) is 13.2 Å². The Morgan fingerprint density at radius 3 is 0.842 bits per heavy atom. The number of hydrogen-bond acceptors (Lipinski definition) is 6. The molecule has 0 aliphatic carbocycles. The molecule has 1 unspecified atom stereocenters. The number of carbonyl (C=O) groups excluding carboxylic acids is 3. The Morgan fingerprint density at radius 2 is 0.526 bits per heavy atom. The molecule has 0 aromatic carbocycles. The van der Waals surface area contributed by atoms with Crippen molar-refractivity contribution in [3.8, 4) is 0 Å². The summed E-state index contributed by atoms with van der Waals surface area (Å²) >= 11 is 0. The molecule has 436 valence electrons. The molecular weight excluding hydrogens is 937 g/mol. The van der Waals surface area contributed by atoms with Gasteiger partial charge in [-0.2, -0.15) is 0 Å². The van der Waals surface area contributed by atoms with E-state index in [9.17, 15) is 14.4 Å². The predicted molar refractivity (Wildman–Crippen MR) is 330 cm³/mol. The van der Waals surface area contributed by atoms with Crippen molar-refractivity contribution in [1.29, 1.82) is 0 Å². The molecule has 1 atom stereocenters. The average Bonchev–Trinajstić information content (AvgIpc) is 3.42. The lowest BCUT2D eigenvalue weighted by Gasteiger charge is -2.18. The molecular formula is C70H120O6. The number of rotatable bonds is 58. The average molecular weight is 1060 g/mol. The zero-order valence-electron chi connectivity index (χ0n) is 50.0. The molecule has 0 spiro atoms. The Morgan fingerprint density at radius 1 is 0.276 bits per heavy atom. The normalized spacial score (nSPS) is 12.7. The molecule has 0 aromatic rings. The summed E-state index contributed by atoms with van der Waals surface area (Å²) in [6, 6.07) is 0. The number of hydrogen-bond donors (Lipinski definition) is 0. The molecule has 0 rings (SSSR count). The van der Waals surface area contributed by atoms with E-state index in [0.717, 1.165) is 135 Å². The third kappa shape index (κ3) is 61.2. The second-order valence-electron chi connectivity index (χ2n) is 21.3. The third-order valence-electron chi connectivity index (χ3n) is 13.8. The number of unbranched alkanes of at least 4 members (excludes halogenated alkanes) is 31. The summed E-state index contributed by atoms with van der Waals surface area (Å²) < 4.78 is 16.9. The first-order valence-corrected chi connectivity index (χ1v) is 32.2. The van der Waals surface area contributed by atoms with Gasteiger partial charge in [-0.25, -0.2) is 0 Å². The second kappa shape index (κ2) is 63.9. The lowest BCUT2D eigenvalue weighted by Crippen LogP contribution is -2.30. The molecule has 0 saturated heterocycles. The molecule has 0 N–H and O–H groups in total. The topological polar surface area (TPSA) is 78.9 Å². The minimum Gasteiger partial charge on any atom is -0.462 e. The molecule has 0 fully saturated rings. The van der Waals surface area contributed by atoms with Crippen molar-refractivity contribution in [3.05, 3.63) is 97.2 Å². The van der Waals surface area contributed by atoms with Crippen molar-refractivity contribution < 1.29 is 28.6 Å². The predicted octanol–water partition coefficient (Wildman–Crippen LogP) is 22.0. The molecule has 0 heterocycles. The van der Waals surface area contributed by atoms with Gasteiger partial charge in [0.25, 0.3) is 0 Å². The first-order valence-electron chi connectivity index (χ1n) is 32.2. The second-order valence-corrected chi connectivity index (χ2v) is 21.3. The number of ether oxygens (including phenoxy) is 3. The summed E-state index contributed by atoms with van der Waals surface area (Å²) in [5.41, 5.74) is 0. The summed E-state index contributed by atoms with van der Waals surface area (Å²) in [7, 11) is 0. The van der Waals surface area contributed by atoms with Crippen LogP contribution in [0.5, 0.6) is 0 Å². The molecule has 0 aliphatic rings. The first kappa shape index (κ1) is 72.3. The summed E-state index contributed by atoms with van der Waals surface area (Å²) in [5.74, 6) is -0.917. The minimum absolute atomic E-state index is 0.0914. The fourth-order valence-electron chi connectivity index (χ4n) is 8.99. The molecule has 0 radical (unpaired) electrons. The monoisotopic (exact) mass is 1060 g/mol. The van der Waals surface area contributed by atoms with Gasteiger partial charge in [0.2, 0.25) is 0 Å². The van der Waals surface area contributed by atoms with E-state index >= 15 is 0 Å². The van der Waals surface area contributed by atoms with Gasteiger partial charge < -0.3 is 14.2 Å². The van der Waals surface area contributed by atoms with Crippen LogP contribution in [0, 0.1) is 0 Å². The van der Waals surface area contributed by atoms with Gasteiger partial charge in [0, 0.05) is 19.3 Å². The fourth-order valence-corrected chi connectivity index (χ4v) is 8.99. The zero-order valence-corrected chi connectivity index (χ0v) is 50.0. The van der Waals surface area contributed by atoms with Crippen LogP contribution in [0.15, 0.2) is 97.2 Å². The summed E-state index contributed by atoms with van der Waals surface area (Å²) in [4.78, 5) is 38.3. The van der Waals surface area contributed by atoms with Crippen LogP contribution >= 0.6 is 0 Å². The molecule has 0 saturated carbocycles. The highest BCUT2D eigenvalue weighted by atomic mass is 16.6. The van der Waals surface area contributed by atoms with Crippen LogP contribution in [-0.4, -0.2) is 37.2 Å². The zero-order chi connectivity index (χ0) is 55.0. The van der Waals surface area contributed by atoms with E-state index in [1.54, 1.807) is 0 Å². The quantitative estimate of drug-likeness (QED) is 0.0261. The van der Waals surface area contributed by atoms with E-state index in [1.807, 2.05) is 0 Å². The van der Waals surface area contributed by atoms with Gasteiger partial charge in [0.05, 0.1) is 0 Å². The van der Waals surface area contributed by atoms with Crippen molar-refractivity contribution in [2.45, 2.75) is 316 Å². The van der Waals surface area contributed by atoms with Crippen LogP contribution in [0.1, 0.15) is 310 Å². The molecule has 76 heavy (non-hydrogen) atoms. The van der Waals surface area contributed by atoms with Crippen LogP contribution in [-0.2, 0) is 28.6 Å². The van der Waals surface area contributed by atoms with Gasteiger partial charge in [-0.3, -0.25) is 14.4 Å². The summed E-state index contributed by atoms with van der Waals surface area (Å²) in [6.07, 6.45) is 85.5. The van der Waals surface area contributed by atoms with Gasteiger partial charge in [-0.05, 0) is 96.3 Å². The van der Waals surface area contributed by atoms with Gasteiger partial charge in [0.1, 0.15) is 13.2 Å². The van der Waals surface area contributed by atoms with Gasteiger partial charge in [0.15, 0.2) is 6.10 Å². The SMILES string of the molecule is CC/C=C\C/C=C\C/C=C\C/C=C\C/C=C\C/C=C\CCCCCCC(=O)OCC(COC(=O)CCCCCCC/C=C\C/C=C\CCCC)OC(=O)CCCCCCCCCCCCCCCCCCCCCCC. The molecule has 0 bridgehead atoms. The Kier molecular flexibility index (Phi) is 60.8. The Hall–Kier alpha value is -3.67. The highest BCUT2D eigenvalue weighted by Crippen LogP contribution is 2.17. The van der Waals surface area contributed by atoms with Crippen LogP contribution in [0.3, 0.4) is 0 Å². The molecule has 0 amide bonds. The smallest absolute Gasteiger partial charge is 0.306 e. The van der Waals surface area contributed by atoms with E-state index in [4.69, 9.17) is 14.2 Å². The largest absolute Gasteiger partial charge is 0.462 e. The maximum Gasteiger partial charge on any atom is 0.306 e. The van der Waals surface area contributed by atoms with Crippen molar-refractivity contribution >= 4 is 17.9 Å². The van der Waals surface area contributed by atoms with Crippen LogP contribution in [0.2, 0.25) is 0 Å². The van der Waals surface area contributed by atoms with E-state index in [1.165, 1.54) is 135 Å². The first-order chi connectivity index (χ1) is 37.5. The Labute approximate surface area is 470 Å². The van der Waals surface area contributed by atoms with Crippen LogP contribution < -0.4 is 0 Å². The minimum atomic E-state index is -0.795. The van der Waals surface area contributed by atoms with Crippen molar-refractivity contribution in [2.24, 2.45) is 0 Å². The summed E-state index contributed by atoms with van der Waals surface area (Å²) in [6.45, 7) is 6.49. The van der Waals surface area contributed by atoms with Crippen LogP contribution in [0.25, 0.3) is 0 Å². The van der Waals surface area contributed by atoms with E-state index in [0.29, 0.717) is 19.3 Å². The lowest BCUT2D eigenvalue weighted by molar-refractivity contribution is -0.167. The molecule has 0 aromatic heterocycles. The van der Waals surface area contributed by atoms with Gasteiger partial charge >= 0.3 is 17.9 Å². The number of carbonyl (C=O) groups is 3. The number of allylic oxidation sites excluding steroid dienone is 16. The van der Waals surface area contributed by atoms with E-state index in [-0.39, 0.29) is 31.1 Å². The van der Waals surface area contributed by atoms with Crippen LogP contribution in [0.4, 0.5) is 0 Å². The standard InChI is InChI=1S/C70H120O6/c1-4-7-10-13-16-19-22-25-28-30-32-34-35-37-38-40-42-45-48-51-54-57-60-63-69(72)75-66-67(65-74-68(71)62-59-56-53-50-47-44-27-24-21-18-15-12-9-6-3)76-70(73)64-61-58-55-52-49-46-43-41-39-36-33-31-29-26-23-20-17-14-11-8-5-2/h7,10,15-16,18-19,24-25,27-28,32,34,37-38,42,45,67H,4-6,8-9,11-14,17,20-23,26,29-31,33,35-36,39-41,43-44,46-66H2,1-3H3/b10-7-,18-15-,19-16-,27-24-,28-25-,34-32-,38-37-,45-42-. The highest BCUT2D eigenvalue weighted by molar-refractivity contribution is 5.71. The number of esters is 3. The maximum absolute atomic E-state index is 12.9. The molecule has 6 heteroatoms. The van der Waals surface area contributed by atoms with E-state index in [2.05, 4.69) is 118 Å². The summed E-state index contributed by atoms with van der Waals surface area (Å²) in [5, 5.41) is 0. The Bertz CT molecular complexity index is 1490. The van der Waals surface area contributed by atoms with Crippen molar-refractivity contribution in [1.82, 2.24) is 0 Å². The lowest BCUT2D eigenvalue weighted by atomic mass is 10.0. The molecule has 0 aliphatic heterocycles. The van der Waals surface area contributed by atoms with Gasteiger partial charge in [-0.15, -0.1) is 0 Å². The Balaban J connectivity index is 4.40. The van der Waals surface area contributed by atoms with E-state index < -0.39 is 6.10 Å². The maximum atomic E-state index is 12.9.